The summed E-state index contributed by atoms with van der Waals surface area (Å²) in [5, 5.41) is 6.06. The third-order valence-electron chi connectivity index (χ3n) is 6.37. The first kappa shape index (κ1) is 20.4. The van der Waals surface area contributed by atoms with Gasteiger partial charge in [0.2, 0.25) is 5.91 Å². The number of nitrogens with one attached hydrogen (secondary N) is 2. The van der Waals surface area contributed by atoms with Crippen molar-refractivity contribution in [1.82, 2.24) is 4.90 Å². The number of carbonyl (C=O) groups is 2. The molecular formula is C24H29N3O3. The molecule has 0 unspecified atom stereocenters. The molecule has 4 rings (SSSR count). The lowest BCUT2D eigenvalue weighted by molar-refractivity contribution is -0.124. The molecule has 2 aromatic carbocycles. The fraction of sp³-hybridized carbons (Fsp3) is 0.417. The maximum Gasteiger partial charge on any atom is 0.321 e. The van der Waals surface area contributed by atoms with Crippen molar-refractivity contribution >= 4 is 23.3 Å². The average Bonchev–Trinajstić information content (AvgIpc) is 3.14. The van der Waals surface area contributed by atoms with Crippen LogP contribution in [0.4, 0.5) is 16.2 Å². The Morgan fingerprint density at radius 2 is 1.77 bits per heavy atom. The van der Waals surface area contributed by atoms with Crippen molar-refractivity contribution in [3.05, 3.63) is 60.2 Å². The van der Waals surface area contributed by atoms with E-state index in [9.17, 15) is 9.59 Å². The molecule has 158 valence electrons. The molecule has 1 atom stereocenters. The van der Waals surface area contributed by atoms with Crippen molar-refractivity contribution in [2.75, 3.05) is 36.9 Å². The van der Waals surface area contributed by atoms with Crippen LogP contribution in [0.5, 0.6) is 0 Å². The molecule has 6 nitrogen and oxygen atoms in total. The SMILES string of the molecule is CCc1cccc(NC(=O)N2C[C@H](C(=O)Nc3ccccc3)C3(CCOCC3)C2)c1. The highest BCUT2D eigenvalue weighted by Crippen LogP contribution is 2.45. The lowest BCUT2D eigenvalue weighted by atomic mass is 9.71. The number of amides is 3. The highest BCUT2D eigenvalue weighted by molar-refractivity contribution is 5.95. The lowest BCUT2D eigenvalue weighted by Gasteiger charge is -2.37. The van der Waals surface area contributed by atoms with Crippen molar-refractivity contribution in [1.29, 1.82) is 0 Å². The summed E-state index contributed by atoms with van der Waals surface area (Å²) < 4.78 is 5.57. The molecule has 0 radical (unpaired) electrons. The first-order valence-corrected chi connectivity index (χ1v) is 10.7. The summed E-state index contributed by atoms with van der Waals surface area (Å²) in [6.07, 6.45) is 2.49. The van der Waals surface area contributed by atoms with E-state index in [0.29, 0.717) is 26.3 Å². The second-order valence-electron chi connectivity index (χ2n) is 8.25. The number of rotatable bonds is 4. The van der Waals surface area contributed by atoms with Crippen LogP contribution in [0.2, 0.25) is 0 Å². The third-order valence-corrected chi connectivity index (χ3v) is 6.37. The van der Waals surface area contributed by atoms with E-state index in [1.54, 1.807) is 4.90 Å². The van der Waals surface area contributed by atoms with E-state index in [4.69, 9.17) is 4.74 Å². The van der Waals surface area contributed by atoms with Crippen molar-refractivity contribution in [3.63, 3.8) is 0 Å². The van der Waals surface area contributed by atoms with Crippen LogP contribution < -0.4 is 10.6 Å². The van der Waals surface area contributed by atoms with Crippen LogP contribution in [0.1, 0.15) is 25.3 Å². The molecule has 3 amide bonds. The van der Waals surface area contributed by atoms with Crippen LogP contribution >= 0.6 is 0 Å². The van der Waals surface area contributed by atoms with Gasteiger partial charge in [-0.15, -0.1) is 0 Å². The maximum atomic E-state index is 13.2. The molecule has 30 heavy (non-hydrogen) atoms. The number of aryl methyl sites for hydroxylation is 1. The van der Waals surface area contributed by atoms with E-state index in [-0.39, 0.29) is 23.3 Å². The monoisotopic (exact) mass is 407 g/mol. The zero-order valence-electron chi connectivity index (χ0n) is 17.4. The molecule has 0 aliphatic carbocycles. The molecule has 0 bridgehead atoms. The molecule has 6 heteroatoms. The Hall–Kier alpha value is -2.86. The van der Waals surface area contributed by atoms with E-state index in [0.717, 1.165) is 30.6 Å². The molecule has 1 spiro atoms. The Morgan fingerprint density at radius 3 is 2.50 bits per heavy atom. The van der Waals surface area contributed by atoms with E-state index < -0.39 is 0 Å². The van der Waals surface area contributed by atoms with Gasteiger partial charge in [0, 0.05) is 43.1 Å². The topological polar surface area (TPSA) is 70.7 Å². The second-order valence-corrected chi connectivity index (χ2v) is 8.25. The number of likely N-dealkylation sites (tertiary alicyclic amines) is 1. The highest BCUT2D eigenvalue weighted by atomic mass is 16.5. The molecule has 0 saturated carbocycles. The number of anilines is 2. The van der Waals surface area contributed by atoms with Gasteiger partial charge in [0.15, 0.2) is 0 Å². The zero-order valence-corrected chi connectivity index (χ0v) is 17.4. The van der Waals surface area contributed by atoms with E-state index in [2.05, 4.69) is 17.6 Å². The van der Waals surface area contributed by atoms with Crippen molar-refractivity contribution in [2.24, 2.45) is 11.3 Å². The fourth-order valence-electron chi connectivity index (χ4n) is 4.59. The number of ether oxygens (including phenoxy) is 1. The number of nitrogens with zero attached hydrogens (tertiary/aromatic N) is 1. The van der Waals surface area contributed by atoms with Gasteiger partial charge in [0.25, 0.3) is 0 Å². The summed E-state index contributed by atoms with van der Waals surface area (Å²) in [7, 11) is 0. The van der Waals surface area contributed by atoms with Crippen LogP contribution in [0.3, 0.4) is 0 Å². The molecular weight excluding hydrogens is 378 g/mol. The molecule has 2 fully saturated rings. The van der Waals surface area contributed by atoms with Gasteiger partial charge in [0.1, 0.15) is 0 Å². The van der Waals surface area contributed by atoms with Crippen LogP contribution in [-0.4, -0.2) is 43.1 Å². The molecule has 0 aromatic heterocycles. The van der Waals surface area contributed by atoms with E-state index in [1.807, 2.05) is 54.6 Å². The predicted molar refractivity (Wildman–Crippen MR) is 117 cm³/mol. The number of urea groups is 1. The minimum Gasteiger partial charge on any atom is -0.381 e. The second kappa shape index (κ2) is 8.88. The number of carbonyl (C=O) groups excluding carboxylic acids is 2. The summed E-state index contributed by atoms with van der Waals surface area (Å²) in [6, 6.07) is 17.2. The first-order chi connectivity index (χ1) is 14.6. The summed E-state index contributed by atoms with van der Waals surface area (Å²) in [4.78, 5) is 28.0. The van der Waals surface area contributed by atoms with E-state index >= 15 is 0 Å². The van der Waals surface area contributed by atoms with Gasteiger partial charge in [-0.05, 0) is 49.1 Å². The maximum absolute atomic E-state index is 13.2. The summed E-state index contributed by atoms with van der Waals surface area (Å²) in [5.41, 5.74) is 2.51. The molecule has 2 saturated heterocycles. The summed E-state index contributed by atoms with van der Waals surface area (Å²) in [5.74, 6) is -0.277. The van der Waals surface area contributed by atoms with Gasteiger partial charge in [0.05, 0.1) is 5.92 Å². The Labute approximate surface area is 177 Å². The number of benzene rings is 2. The van der Waals surface area contributed by atoms with Crippen LogP contribution in [0, 0.1) is 11.3 Å². The molecule has 2 heterocycles. The Morgan fingerprint density at radius 1 is 1.03 bits per heavy atom. The quantitative estimate of drug-likeness (QED) is 0.800. The van der Waals surface area contributed by atoms with Crippen molar-refractivity contribution < 1.29 is 14.3 Å². The minimum atomic E-state index is -0.255. The van der Waals surface area contributed by atoms with Gasteiger partial charge in [-0.1, -0.05) is 37.3 Å². The molecule has 2 aliphatic heterocycles. The first-order valence-electron chi connectivity index (χ1n) is 10.7. The number of hydrogen-bond acceptors (Lipinski definition) is 3. The Balaban J connectivity index is 1.50. The average molecular weight is 408 g/mol. The van der Waals surface area contributed by atoms with E-state index in [1.165, 1.54) is 5.56 Å². The number of para-hydroxylation sites is 1. The van der Waals surface area contributed by atoms with Crippen LogP contribution in [-0.2, 0) is 16.0 Å². The fourth-order valence-corrected chi connectivity index (χ4v) is 4.59. The van der Waals surface area contributed by atoms with Crippen molar-refractivity contribution in [3.8, 4) is 0 Å². The van der Waals surface area contributed by atoms with Crippen LogP contribution in [0.25, 0.3) is 0 Å². The Kier molecular flexibility index (Phi) is 6.04. The van der Waals surface area contributed by atoms with Gasteiger partial charge in [-0.2, -0.15) is 0 Å². The van der Waals surface area contributed by atoms with Crippen LogP contribution in [0.15, 0.2) is 54.6 Å². The lowest BCUT2D eigenvalue weighted by Crippen LogP contribution is -2.42. The van der Waals surface area contributed by atoms with Gasteiger partial charge in [-0.25, -0.2) is 4.79 Å². The predicted octanol–water partition coefficient (Wildman–Crippen LogP) is 4.15. The van der Waals surface area contributed by atoms with Gasteiger partial charge >= 0.3 is 6.03 Å². The highest BCUT2D eigenvalue weighted by Gasteiger charge is 2.51. The molecule has 2 N–H and O–H groups in total. The molecule has 2 aliphatic rings. The largest absolute Gasteiger partial charge is 0.381 e. The summed E-state index contributed by atoms with van der Waals surface area (Å²) in [6.45, 7) is 4.33. The number of hydrogen-bond donors (Lipinski definition) is 2. The summed E-state index contributed by atoms with van der Waals surface area (Å²) >= 11 is 0. The standard InChI is InChI=1S/C24H29N3O3/c1-2-18-7-6-10-20(15-18)26-23(29)27-16-21(24(17-27)11-13-30-14-12-24)22(28)25-19-8-4-3-5-9-19/h3-10,15,21H,2,11-14,16-17H2,1H3,(H,25,28)(H,26,29)/t21-/m1/s1. The third kappa shape index (κ3) is 4.33. The Bertz CT molecular complexity index is 894. The molecule has 2 aromatic rings. The van der Waals surface area contributed by atoms with Gasteiger partial charge < -0.3 is 20.3 Å². The van der Waals surface area contributed by atoms with Crippen molar-refractivity contribution in [2.45, 2.75) is 26.2 Å². The smallest absolute Gasteiger partial charge is 0.321 e. The van der Waals surface area contributed by atoms with Gasteiger partial charge in [-0.3, -0.25) is 4.79 Å². The minimum absolute atomic E-state index is 0.0219. The normalized spacial score (nSPS) is 20.2. The zero-order chi connectivity index (χ0) is 21.0.